The zero-order chi connectivity index (χ0) is 14.3. The number of imidazole rings is 1. The van der Waals surface area contributed by atoms with Crippen molar-refractivity contribution in [1.82, 2.24) is 15.0 Å². The van der Waals surface area contributed by atoms with Gasteiger partial charge in [-0.25, -0.2) is 17.8 Å². The molecule has 0 spiro atoms. The topological polar surface area (TPSA) is 75.7 Å². The summed E-state index contributed by atoms with van der Waals surface area (Å²) in [4.78, 5) is 11.0. The Balaban J connectivity index is 2.19. The highest BCUT2D eigenvalue weighted by atomic mass is 32.2. The largest absolute Gasteiger partial charge is 0.338 e. The van der Waals surface area contributed by atoms with Crippen molar-refractivity contribution in [3.63, 3.8) is 0 Å². The number of benzene rings is 1. The molecule has 0 amide bonds. The molecule has 3 rings (SSSR count). The van der Waals surface area contributed by atoms with Gasteiger partial charge in [0, 0.05) is 12.5 Å². The lowest BCUT2D eigenvalue weighted by Gasteiger charge is -1.97. The van der Waals surface area contributed by atoms with E-state index in [1.54, 1.807) is 6.07 Å². The quantitative estimate of drug-likeness (QED) is 0.785. The first-order valence-corrected chi connectivity index (χ1v) is 7.64. The average Bonchev–Trinajstić information content (AvgIpc) is 2.80. The maximum atomic E-state index is 13.7. The van der Waals surface area contributed by atoms with Gasteiger partial charge in [-0.05, 0) is 24.3 Å². The van der Waals surface area contributed by atoms with Crippen LogP contribution in [0.1, 0.15) is 0 Å². The number of nitrogens with one attached hydrogen (secondary N) is 1. The maximum absolute atomic E-state index is 13.7. The van der Waals surface area contributed by atoms with Crippen molar-refractivity contribution in [3.05, 3.63) is 42.5 Å². The summed E-state index contributed by atoms with van der Waals surface area (Å²) in [5, 5.41) is 0. The van der Waals surface area contributed by atoms with E-state index in [1.807, 2.05) is 0 Å². The van der Waals surface area contributed by atoms with Crippen molar-refractivity contribution in [3.8, 4) is 11.4 Å². The number of aromatic amines is 1. The van der Waals surface area contributed by atoms with Gasteiger partial charge in [-0.3, -0.25) is 4.98 Å². The van der Waals surface area contributed by atoms with Crippen LogP contribution in [0, 0.1) is 5.82 Å². The van der Waals surface area contributed by atoms with Gasteiger partial charge in [0.05, 0.1) is 27.7 Å². The van der Waals surface area contributed by atoms with Crippen molar-refractivity contribution in [1.29, 1.82) is 0 Å². The molecule has 2 aromatic heterocycles. The van der Waals surface area contributed by atoms with E-state index in [9.17, 15) is 12.8 Å². The van der Waals surface area contributed by atoms with E-state index in [-0.39, 0.29) is 10.5 Å². The molecule has 20 heavy (non-hydrogen) atoms. The van der Waals surface area contributed by atoms with Crippen molar-refractivity contribution in [2.45, 2.75) is 4.90 Å². The van der Waals surface area contributed by atoms with Crippen LogP contribution in [0.4, 0.5) is 4.39 Å². The minimum atomic E-state index is -3.29. The molecular formula is C13H10FN3O2S. The van der Waals surface area contributed by atoms with Crippen molar-refractivity contribution in [2.75, 3.05) is 6.26 Å². The molecule has 0 aliphatic heterocycles. The van der Waals surface area contributed by atoms with Crippen LogP contribution in [-0.2, 0) is 9.84 Å². The highest BCUT2D eigenvalue weighted by molar-refractivity contribution is 7.90. The van der Waals surface area contributed by atoms with Crippen molar-refractivity contribution < 1.29 is 12.8 Å². The minimum absolute atomic E-state index is 0.190. The molecule has 0 radical (unpaired) electrons. The summed E-state index contributed by atoms with van der Waals surface area (Å²) in [5.74, 6) is -0.152. The van der Waals surface area contributed by atoms with Gasteiger partial charge in [-0.15, -0.1) is 0 Å². The molecular weight excluding hydrogens is 281 g/mol. The first-order chi connectivity index (χ1) is 9.45. The van der Waals surface area contributed by atoms with Gasteiger partial charge >= 0.3 is 0 Å². The van der Waals surface area contributed by atoms with Gasteiger partial charge < -0.3 is 4.98 Å². The second-order valence-electron chi connectivity index (χ2n) is 4.39. The molecule has 0 bridgehead atoms. The molecule has 1 aromatic carbocycles. The first kappa shape index (κ1) is 12.7. The summed E-state index contributed by atoms with van der Waals surface area (Å²) in [6, 6.07) is 6.06. The molecule has 0 saturated heterocycles. The number of aromatic nitrogens is 3. The maximum Gasteiger partial charge on any atom is 0.175 e. The van der Waals surface area contributed by atoms with E-state index in [0.29, 0.717) is 16.9 Å². The number of hydrogen-bond donors (Lipinski definition) is 1. The Labute approximate surface area is 114 Å². The number of sulfone groups is 1. The molecule has 0 saturated carbocycles. The second-order valence-corrected chi connectivity index (χ2v) is 6.41. The fourth-order valence-electron chi connectivity index (χ4n) is 1.91. The highest BCUT2D eigenvalue weighted by Gasteiger charge is 2.12. The number of hydrogen-bond acceptors (Lipinski definition) is 4. The van der Waals surface area contributed by atoms with Crippen LogP contribution >= 0.6 is 0 Å². The molecule has 2 heterocycles. The van der Waals surface area contributed by atoms with Crippen LogP contribution in [-0.4, -0.2) is 29.6 Å². The van der Waals surface area contributed by atoms with Gasteiger partial charge in [0.2, 0.25) is 0 Å². The third kappa shape index (κ3) is 2.16. The first-order valence-electron chi connectivity index (χ1n) is 5.75. The summed E-state index contributed by atoms with van der Waals surface area (Å²) in [6.45, 7) is 0. The van der Waals surface area contributed by atoms with E-state index in [0.717, 1.165) is 12.5 Å². The van der Waals surface area contributed by atoms with Gasteiger partial charge in [-0.1, -0.05) is 0 Å². The van der Waals surface area contributed by atoms with E-state index in [4.69, 9.17) is 0 Å². The van der Waals surface area contributed by atoms with Gasteiger partial charge in [0.15, 0.2) is 15.7 Å². The van der Waals surface area contributed by atoms with E-state index in [2.05, 4.69) is 15.0 Å². The monoisotopic (exact) mass is 291 g/mol. The molecule has 7 heteroatoms. The Morgan fingerprint density at radius 3 is 2.75 bits per heavy atom. The predicted octanol–water partition coefficient (Wildman–Crippen LogP) is 2.17. The Kier molecular flexibility index (Phi) is 2.79. The Bertz CT molecular complexity index is 903. The summed E-state index contributed by atoms with van der Waals surface area (Å²) in [6.07, 6.45) is 3.70. The van der Waals surface area contributed by atoms with Crippen molar-refractivity contribution in [2.24, 2.45) is 0 Å². The lowest BCUT2D eigenvalue weighted by molar-refractivity contribution is 0.602. The summed E-state index contributed by atoms with van der Waals surface area (Å²) in [7, 11) is -3.29. The number of halogens is 1. The molecule has 0 fully saturated rings. The van der Waals surface area contributed by atoms with Crippen LogP contribution in [0.2, 0.25) is 0 Å². The Hall–Kier alpha value is -2.28. The number of nitrogens with zero attached hydrogens (tertiary/aromatic N) is 2. The molecule has 3 aromatic rings. The molecule has 0 aliphatic carbocycles. The van der Waals surface area contributed by atoms with Crippen molar-refractivity contribution >= 4 is 20.9 Å². The second kappa shape index (κ2) is 4.38. The van der Waals surface area contributed by atoms with E-state index in [1.165, 1.54) is 24.4 Å². The third-order valence-electron chi connectivity index (χ3n) is 2.91. The third-order valence-corrected chi connectivity index (χ3v) is 4.02. The SMILES string of the molecule is CS(=O)(=O)c1ccc2nc(-c3ccncc3F)[nH]c2c1. The van der Waals surface area contributed by atoms with Crippen LogP contribution in [0.15, 0.2) is 41.6 Å². The zero-order valence-electron chi connectivity index (χ0n) is 10.5. The minimum Gasteiger partial charge on any atom is -0.338 e. The fourth-order valence-corrected chi connectivity index (χ4v) is 2.56. The molecule has 5 nitrogen and oxygen atoms in total. The lowest BCUT2D eigenvalue weighted by atomic mass is 10.2. The lowest BCUT2D eigenvalue weighted by Crippen LogP contribution is -1.96. The predicted molar refractivity (Wildman–Crippen MR) is 72.4 cm³/mol. The van der Waals surface area contributed by atoms with Crippen LogP contribution in [0.3, 0.4) is 0 Å². The summed E-state index contributed by atoms with van der Waals surface area (Å²) in [5.41, 5.74) is 1.40. The van der Waals surface area contributed by atoms with E-state index < -0.39 is 15.7 Å². The van der Waals surface area contributed by atoms with E-state index >= 15 is 0 Å². The number of H-pyrrole nitrogens is 1. The van der Waals surface area contributed by atoms with Crippen LogP contribution < -0.4 is 0 Å². The summed E-state index contributed by atoms with van der Waals surface area (Å²) >= 11 is 0. The normalized spacial score (nSPS) is 11.9. The summed E-state index contributed by atoms with van der Waals surface area (Å²) < 4.78 is 36.7. The van der Waals surface area contributed by atoms with Gasteiger partial charge in [-0.2, -0.15) is 0 Å². The molecule has 1 N–H and O–H groups in total. The van der Waals surface area contributed by atoms with Gasteiger partial charge in [0.25, 0.3) is 0 Å². The molecule has 0 atom stereocenters. The van der Waals surface area contributed by atoms with Crippen LogP contribution in [0.25, 0.3) is 22.4 Å². The average molecular weight is 291 g/mol. The molecule has 0 aliphatic rings. The van der Waals surface area contributed by atoms with Crippen LogP contribution in [0.5, 0.6) is 0 Å². The number of fused-ring (bicyclic) bond motifs is 1. The Morgan fingerprint density at radius 1 is 1.25 bits per heavy atom. The highest BCUT2D eigenvalue weighted by Crippen LogP contribution is 2.24. The standard InChI is InChI=1S/C13H10FN3O2S/c1-20(18,19)8-2-3-11-12(6-8)17-13(16-11)9-4-5-15-7-10(9)14/h2-7H,1H3,(H,16,17). The van der Waals surface area contributed by atoms with Gasteiger partial charge in [0.1, 0.15) is 5.82 Å². The fraction of sp³-hybridized carbons (Fsp3) is 0.0769. The molecule has 0 unspecified atom stereocenters. The zero-order valence-corrected chi connectivity index (χ0v) is 11.3. The number of rotatable bonds is 2. The number of pyridine rings is 1. The smallest absolute Gasteiger partial charge is 0.175 e. The molecule has 102 valence electrons. The Morgan fingerprint density at radius 2 is 2.05 bits per heavy atom.